The van der Waals surface area contributed by atoms with Crippen LogP contribution < -0.4 is 24.5 Å². The Morgan fingerprint density at radius 3 is 1.35 bits per heavy atom. The number of aromatic amines is 2. The molecule has 0 bridgehead atoms. The van der Waals surface area contributed by atoms with Gasteiger partial charge < -0.3 is 4.74 Å². The smallest absolute Gasteiger partial charge is 0.350 e. The molecule has 0 fully saturated rings. The Kier molecular flexibility index (Phi) is 4.94. The van der Waals surface area contributed by atoms with E-state index in [1.807, 2.05) is 26.0 Å². The van der Waals surface area contributed by atoms with Crippen LogP contribution in [0.15, 0.2) is 72.8 Å². The molecular formula is C28H20N4O5+2. The highest BCUT2D eigenvalue weighted by Crippen LogP contribution is 2.34. The molecule has 9 nitrogen and oxygen atoms in total. The minimum Gasteiger partial charge on any atom is -0.457 e. The summed E-state index contributed by atoms with van der Waals surface area (Å²) in [5.74, 6) is -0.395. The van der Waals surface area contributed by atoms with Crippen molar-refractivity contribution >= 4 is 35.3 Å². The van der Waals surface area contributed by atoms with E-state index >= 15 is 0 Å². The van der Waals surface area contributed by atoms with Crippen molar-refractivity contribution in [3.05, 3.63) is 106 Å². The van der Waals surface area contributed by atoms with Gasteiger partial charge in [-0.2, -0.15) is 0 Å². The number of ether oxygens (including phenoxy) is 1. The Morgan fingerprint density at radius 2 is 0.946 bits per heavy atom. The minimum atomic E-state index is -0.466. The lowest BCUT2D eigenvalue weighted by Crippen LogP contribution is -2.34. The number of pyridine rings is 2. The zero-order chi connectivity index (χ0) is 25.8. The van der Waals surface area contributed by atoms with Crippen LogP contribution in [-0.2, 0) is 0 Å². The molecule has 37 heavy (non-hydrogen) atoms. The molecule has 4 amide bonds. The summed E-state index contributed by atoms with van der Waals surface area (Å²) in [7, 11) is 0. The second-order valence-electron chi connectivity index (χ2n) is 8.85. The molecule has 2 N–H and O–H groups in total. The van der Waals surface area contributed by atoms with Crippen LogP contribution in [0.25, 0.3) is 0 Å². The monoisotopic (exact) mass is 492 g/mol. The summed E-state index contributed by atoms with van der Waals surface area (Å²) in [5.41, 5.74) is 2.58. The number of hydrogen-bond acceptors (Lipinski definition) is 5. The number of imide groups is 2. The molecule has 6 rings (SSSR count). The average molecular weight is 492 g/mol. The first-order valence-electron chi connectivity index (χ1n) is 11.5. The quantitative estimate of drug-likeness (QED) is 0.406. The third-order valence-electron chi connectivity index (χ3n) is 6.28. The van der Waals surface area contributed by atoms with Gasteiger partial charge in [0.2, 0.25) is 0 Å². The fourth-order valence-corrected chi connectivity index (χ4v) is 4.54. The highest BCUT2D eigenvalue weighted by Gasteiger charge is 2.46. The van der Waals surface area contributed by atoms with Crippen molar-refractivity contribution in [3.63, 3.8) is 0 Å². The molecule has 9 heteroatoms. The maximum Gasteiger partial charge on any atom is 0.350 e. The minimum absolute atomic E-state index is 0.214. The van der Waals surface area contributed by atoms with Crippen molar-refractivity contribution in [2.75, 3.05) is 9.80 Å². The lowest BCUT2D eigenvalue weighted by Gasteiger charge is -2.07. The highest BCUT2D eigenvalue weighted by molar-refractivity contribution is 6.34. The van der Waals surface area contributed by atoms with Crippen LogP contribution in [0.1, 0.15) is 52.8 Å². The molecule has 2 aliphatic heterocycles. The Balaban J connectivity index is 1.28. The van der Waals surface area contributed by atoms with Crippen molar-refractivity contribution in [1.29, 1.82) is 0 Å². The molecule has 0 radical (unpaired) electrons. The summed E-state index contributed by atoms with van der Waals surface area (Å²) < 4.78 is 5.94. The van der Waals surface area contributed by atoms with Gasteiger partial charge in [-0.3, -0.25) is 0 Å². The van der Waals surface area contributed by atoms with Gasteiger partial charge in [-0.15, -0.1) is 9.80 Å². The van der Waals surface area contributed by atoms with Gasteiger partial charge in [0.25, 0.3) is 11.6 Å². The topological polar surface area (TPSA) is 112 Å². The van der Waals surface area contributed by atoms with E-state index < -0.39 is 23.6 Å². The van der Waals surface area contributed by atoms with E-state index in [2.05, 4.69) is 9.97 Å². The van der Waals surface area contributed by atoms with Crippen molar-refractivity contribution in [2.45, 2.75) is 13.8 Å². The van der Waals surface area contributed by atoms with E-state index in [0.29, 0.717) is 23.1 Å². The summed E-state index contributed by atoms with van der Waals surface area (Å²) in [6.07, 6.45) is 0. The number of aromatic nitrogens is 2. The third-order valence-corrected chi connectivity index (χ3v) is 6.28. The van der Waals surface area contributed by atoms with Gasteiger partial charge in [0.1, 0.15) is 11.5 Å². The van der Waals surface area contributed by atoms with Crippen molar-refractivity contribution < 1.29 is 33.9 Å². The molecule has 4 aromatic rings. The SMILES string of the molecule is Cc1cccc(N2C(=O)c3ccc(Oc4ccc5c(c4)C(=O)N(c4cccc(C)[nH+]4)C5=O)cc3C2=O)[nH+]1. The number of hydrogen-bond donors (Lipinski definition) is 0. The van der Waals surface area contributed by atoms with Gasteiger partial charge in [0.05, 0.1) is 33.6 Å². The van der Waals surface area contributed by atoms with E-state index in [-0.39, 0.29) is 22.3 Å². The molecule has 0 spiro atoms. The molecule has 0 aliphatic carbocycles. The number of rotatable bonds is 4. The van der Waals surface area contributed by atoms with Crippen LogP contribution >= 0.6 is 0 Å². The van der Waals surface area contributed by atoms with Gasteiger partial charge in [0, 0.05) is 12.1 Å². The van der Waals surface area contributed by atoms with Crippen LogP contribution in [0.5, 0.6) is 11.5 Å². The third kappa shape index (κ3) is 3.56. The second kappa shape index (κ2) is 8.20. The molecule has 2 aromatic carbocycles. The lowest BCUT2D eigenvalue weighted by molar-refractivity contribution is -0.372. The Hall–Kier alpha value is -5.18. The predicted octanol–water partition coefficient (Wildman–Crippen LogP) is 3.33. The summed E-state index contributed by atoms with van der Waals surface area (Å²) in [6.45, 7) is 3.67. The second-order valence-corrected chi connectivity index (χ2v) is 8.85. The Labute approximate surface area is 210 Å². The summed E-state index contributed by atoms with van der Waals surface area (Å²) in [6, 6.07) is 19.8. The molecule has 0 saturated heterocycles. The number of carbonyl (C=O) groups is 4. The number of nitrogens with one attached hydrogen (secondary N) is 2. The van der Waals surface area contributed by atoms with Crippen molar-refractivity contribution in [3.8, 4) is 11.5 Å². The highest BCUT2D eigenvalue weighted by atomic mass is 16.5. The lowest BCUT2D eigenvalue weighted by atomic mass is 10.1. The van der Waals surface area contributed by atoms with E-state index in [4.69, 9.17) is 4.74 Å². The summed E-state index contributed by atoms with van der Waals surface area (Å²) in [4.78, 5) is 60.3. The van der Waals surface area contributed by atoms with E-state index in [0.717, 1.165) is 21.2 Å². The van der Waals surface area contributed by atoms with Crippen LogP contribution in [-0.4, -0.2) is 23.6 Å². The first-order valence-corrected chi connectivity index (χ1v) is 11.5. The van der Waals surface area contributed by atoms with Crippen molar-refractivity contribution in [2.24, 2.45) is 0 Å². The first kappa shape index (κ1) is 22.3. The molecule has 0 saturated carbocycles. The van der Waals surface area contributed by atoms with Crippen molar-refractivity contribution in [1.82, 2.24) is 0 Å². The molecule has 4 heterocycles. The van der Waals surface area contributed by atoms with Gasteiger partial charge in [0.15, 0.2) is 0 Å². The van der Waals surface area contributed by atoms with Gasteiger partial charge in [-0.05, 0) is 62.4 Å². The van der Waals surface area contributed by atoms with Gasteiger partial charge in [-0.25, -0.2) is 29.1 Å². The van der Waals surface area contributed by atoms with Gasteiger partial charge >= 0.3 is 23.6 Å². The van der Waals surface area contributed by atoms with E-state index in [9.17, 15) is 19.2 Å². The van der Waals surface area contributed by atoms with Crippen LogP contribution in [0.4, 0.5) is 11.6 Å². The maximum atomic E-state index is 13.1. The number of nitrogens with zero attached hydrogens (tertiary/aromatic N) is 2. The number of aryl methyl sites for hydroxylation is 2. The molecule has 180 valence electrons. The number of H-pyrrole nitrogens is 2. The molecular weight excluding hydrogens is 472 g/mol. The largest absolute Gasteiger partial charge is 0.457 e. The zero-order valence-corrected chi connectivity index (χ0v) is 19.9. The van der Waals surface area contributed by atoms with Crippen LogP contribution in [0, 0.1) is 13.8 Å². The Bertz CT molecular complexity index is 1560. The predicted molar refractivity (Wildman–Crippen MR) is 131 cm³/mol. The first-order chi connectivity index (χ1) is 17.8. The number of fused-ring (bicyclic) bond motifs is 2. The number of amides is 4. The number of carbonyl (C=O) groups excluding carboxylic acids is 4. The fourth-order valence-electron chi connectivity index (χ4n) is 4.54. The summed E-state index contributed by atoms with van der Waals surface area (Å²) in [5, 5.41) is 0. The molecule has 2 aromatic heterocycles. The summed E-state index contributed by atoms with van der Waals surface area (Å²) >= 11 is 0. The number of anilines is 2. The zero-order valence-electron chi connectivity index (χ0n) is 19.9. The Morgan fingerprint density at radius 1 is 0.541 bits per heavy atom. The number of benzene rings is 2. The van der Waals surface area contributed by atoms with Crippen LogP contribution in [0.2, 0.25) is 0 Å². The normalized spacial score (nSPS) is 14.3. The van der Waals surface area contributed by atoms with E-state index in [1.165, 1.54) is 24.3 Å². The van der Waals surface area contributed by atoms with E-state index in [1.54, 1.807) is 36.4 Å². The molecule has 2 aliphatic rings. The fraction of sp³-hybridized carbons (Fsp3) is 0.0714. The van der Waals surface area contributed by atoms with Gasteiger partial charge in [-0.1, -0.05) is 12.1 Å². The molecule has 0 unspecified atom stereocenters. The maximum absolute atomic E-state index is 13.1. The standard InChI is InChI=1S/C28H18N4O5/c1-15-5-3-7-23(29-15)31-25(33)19-11-9-17(13-21(19)27(31)35)37-18-10-12-20-22(14-18)28(36)32(26(20)34)24-8-4-6-16(2)30-24/h3-14H,1-2H3/p+2. The van der Waals surface area contributed by atoms with Crippen LogP contribution in [0.3, 0.4) is 0 Å². The molecule has 0 atom stereocenters. The average Bonchev–Trinajstić information content (AvgIpc) is 3.27.